The number of nitrogens with zero attached hydrogens (tertiary/aromatic N) is 1. The van der Waals surface area contributed by atoms with E-state index in [0.717, 1.165) is 24.1 Å². The predicted octanol–water partition coefficient (Wildman–Crippen LogP) is 4.20. The highest BCUT2D eigenvalue weighted by Gasteiger charge is 2.55. The molecule has 0 unspecified atom stereocenters. The first kappa shape index (κ1) is 17.0. The highest BCUT2D eigenvalue weighted by atomic mass is 32.2. The SMILES string of the molecule is O=C1/C(=C\c2cccs2)SC(=S)N1NC(=O)C12CC3CC(CC(C3)C1)C2. The Morgan fingerprint density at radius 2 is 1.88 bits per heavy atom. The molecule has 0 aromatic carbocycles. The zero-order chi connectivity index (χ0) is 17.9. The standard InChI is InChI=1S/C19H20N2O2S3/c22-16-15(7-14-2-1-3-25-14)26-18(24)21(16)20-17(23)19-8-11-4-12(9-19)6-13(5-11)10-19/h1-3,7,11-13H,4-6,8-10H2,(H,20,23)/b15-7+. The molecule has 6 rings (SSSR count). The maximum atomic E-state index is 13.2. The molecule has 0 radical (unpaired) electrons. The van der Waals surface area contributed by atoms with Gasteiger partial charge in [-0.2, -0.15) is 5.01 Å². The Hall–Kier alpha value is -1.18. The molecule has 7 heteroatoms. The van der Waals surface area contributed by atoms with E-state index in [0.29, 0.717) is 27.0 Å². The number of thioether (sulfide) groups is 1. The second kappa shape index (κ2) is 6.17. The van der Waals surface area contributed by atoms with E-state index < -0.39 is 0 Å². The summed E-state index contributed by atoms with van der Waals surface area (Å²) in [5.74, 6) is 1.86. The summed E-state index contributed by atoms with van der Waals surface area (Å²) in [7, 11) is 0. The van der Waals surface area contributed by atoms with Gasteiger partial charge in [-0.1, -0.05) is 17.8 Å². The van der Waals surface area contributed by atoms with Crippen LogP contribution in [0, 0.1) is 23.2 Å². The summed E-state index contributed by atoms with van der Waals surface area (Å²) >= 11 is 8.20. The Kier molecular flexibility index (Phi) is 4.03. The van der Waals surface area contributed by atoms with E-state index in [-0.39, 0.29) is 17.2 Å². The van der Waals surface area contributed by atoms with Gasteiger partial charge in [-0.3, -0.25) is 15.0 Å². The lowest BCUT2D eigenvalue weighted by molar-refractivity contribution is -0.152. The van der Waals surface area contributed by atoms with Gasteiger partial charge in [0.1, 0.15) is 0 Å². The fraction of sp³-hybridized carbons (Fsp3) is 0.526. The first-order valence-electron chi connectivity index (χ1n) is 9.15. The van der Waals surface area contributed by atoms with Crippen LogP contribution in [0.2, 0.25) is 0 Å². The van der Waals surface area contributed by atoms with Gasteiger partial charge in [0, 0.05) is 4.88 Å². The van der Waals surface area contributed by atoms with Crippen LogP contribution in [0.25, 0.3) is 6.08 Å². The van der Waals surface area contributed by atoms with Crippen LogP contribution in [0.1, 0.15) is 43.4 Å². The summed E-state index contributed by atoms with van der Waals surface area (Å²) < 4.78 is 0.413. The van der Waals surface area contributed by atoms with Gasteiger partial charge in [0.05, 0.1) is 10.3 Å². The van der Waals surface area contributed by atoms with Crippen molar-refractivity contribution < 1.29 is 9.59 Å². The number of hydrogen-bond donors (Lipinski definition) is 1. The van der Waals surface area contributed by atoms with Crippen LogP contribution in [0.4, 0.5) is 0 Å². The Labute approximate surface area is 166 Å². The lowest BCUT2D eigenvalue weighted by atomic mass is 9.49. The van der Waals surface area contributed by atoms with Gasteiger partial charge in [-0.25, -0.2) is 0 Å². The van der Waals surface area contributed by atoms with E-state index in [2.05, 4.69) is 5.43 Å². The lowest BCUT2D eigenvalue weighted by Crippen LogP contribution is -2.57. The van der Waals surface area contributed by atoms with Crippen LogP contribution in [0.15, 0.2) is 22.4 Å². The molecule has 5 aliphatic rings. The van der Waals surface area contributed by atoms with Crippen molar-refractivity contribution in [2.24, 2.45) is 23.2 Å². The number of thiocarbonyl (C=S) groups is 1. The van der Waals surface area contributed by atoms with Gasteiger partial charge in [-0.05, 0) is 86.0 Å². The second-order valence-corrected chi connectivity index (χ2v) is 10.8. The van der Waals surface area contributed by atoms with Crippen molar-refractivity contribution in [1.29, 1.82) is 0 Å². The van der Waals surface area contributed by atoms with Crippen LogP contribution in [-0.4, -0.2) is 21.1 Å². The quantitative estimate of drug-likeness (QED) is 0.606. The minimum Gasteiger partial charge on any atom is -0.273 e. The maximum Gasteiger partial charge on any atom is 0.285 e. The Morgan fingerprint density at radius 3 is 2.46 bits per heavy atom. The molecule has 4 nitrogen and oxygen atoms in total. The topological polar surface area (TPSA) is 49.4 Å². The largest absolute Gasteiger partial charge is 0.285 e. The number of hydrazine groups is 1. The highest BCUT2D eigenvalue weighted by Crippen LogP contribution is 2.60. The fourth-order valence-corrected chi connectivity index (χ4v) is 7.58. The van der Waals surface area contributed by atoms with E-state index in [1.807, 2.05) is 23.6 Å². The molecular weight excluding hydrogens is 384 g/mol. The molecule has 1 aromatic heterocycles. The van der Waals surface area contributed by atoms with Gasteiger partial charge >= 0.3 is 0 Å². The van der Waals surface area contributed by atoms with E-state index in [1.54, 1.807) is 11.3 Å². The maximum absolute atomic E-state index is 13.2. The van der Waals surface area contributed by atoms with E-state index in [4.69, 9.17) is 12.2 Å². The van der Waals surface area contributed by atoms with Crippen LogP contribution in [-0.2, 0) is 9.59 Å². The number of thiophene rings is 1. The van der Waals surface area contributed by atoms with Crippen molar-refractivity contribution in [1.82, 2.24) is 10.4 Å². The normalized spacial score (nSPS) is 37.0. The highest BCUT2D eigenvalue weighted by molar-refractivity contribution is 8.26. The summed E-state index contributed by atoms with van der Waals surface area (Å²) in [5, 5.41) is 3.27. The molecule has 1 N–H and O–H groups in total. The Balaban J connectivity index is 1.34. The molecule has 4 saturated carbocycles. The summed E-state index contributed by atoms with van der Waals surface area (Å²) in [6.45, 7) is 0. The number of nitrogens with one attached hydrogen (secondary N) is 1. The number of carbonyl (C=O) groups excluding carboxylic acids is 2. The Bertz CT molecular complexity index is 779. The number of amides is 2. The molecule has 4 aliphatic carbocycles. The average molecular weight is 405 g/mol. The third-order valence-electron chi connectivity index (χ3n) is 6.34. The van der Waals surface area contributed by atoms with Crippen molar-refractivity contribution in [2.75, 3.05) is 0 Å². The second-order valence-electron chi connectivity index (χ2n) is 8.17. The smallest absolute Gasteiger partial charge is 0.273 e. The van der Waals surface area contributed by atoms with Crippen LogP contribution in [0.3, 0.4) is 0 Å². The van der Waals surface area contributed by atoms with E-state index in [1.165, 1.54) is 36.0 Å². The molecule has 2 amide bonds. The molecule has 1 aromatic rings. The molecule has 1 saturated heterocycles. The molecule has 0 spiro atoms. The number of hydrogen-bond acceptors (Lipinski definition) is 5. The molecule has 26 heavy (non-hydrogen) atoms. The summed E-state index contributed by atoms with van der Waals surface area (Å²) in [6.07, 6.45) is 8.65. The first-order chi connectivity index (χ1) is 12.5. The van der Waals surface area contributed by atoms with Crippen LogP contribution in [0.5, 0.6) is 0 Å². The van der Waals surface area contributed by atoms with E-state index in [9.17, 15) is 9.59 Å². The van der Waals surface area contributed by atoms with Crippen molar-refractivity contribution >= 4 is 57.5 Å². The minimum atomic E-state index is -0.282. The van der Waals surface area contributed by atoms with Gasteiger partial charge in [-0.15, -0.1) is 11.3 Å². The first-order valence-corrected chi connectivity index (χ1v) is 11.3. The van der Waals surface area contributed by atoms with Gasteiger partial charge in [0.15, 0.2) is 4.32 Å². The van der Waals surface area contributed by atoms with E-state index >= 15 is 0 Å². The fourth-order valence-electron chi connectivity index (χ4n) is 5.68. The zero-order valence-corrected chi connectivity index (χ0v) is 16.7. The molecule has 136 valence electrons. The average Bonchev–Trinajstić information content (AvgIpc) is 3.18. The summed E-state index contributed by atoms with van der Waals surface area (Å²) in [6, 6.07) is 3.91. The molecule has 5 fully saturated rings. The number of carbonyl (C=O) groups is 2. The predicted molar refractivity (Wildman–Crippen MR) is 108 cm³/mol. The molecule has 2 heterocycles. The molecule has 1 aliphatic heterocycles. The van der Waals surface area contributed by atoms with Crippen molar-refractivity contribution in [3.63, 3.8) is 0 Å². The lowest BCUT2D eigenvalue weighted by Gasteiger charge is -2.55. The number of rotatable bonds is 3. The van der Waals surface area contributed by atoms with Crippen LogP contribution < -0.4 is 5.43 Å². The van der Waals surface area contributed by atoms with Crippen molar-refractivity contribution in [2.45, 2.75) is 38.5 Å². The van der Waals surface area contributed by atoms with Crippen molar-refractivity contribution in [3.8, 4) is 0 Å². The van der Waals surface area contributed by atoms with Gasteiger partial charge < -0.3 is 0 Å². The third kappa shape index (κ3) is 2.75. The third-order valence-corrected chi connectivity index (χ3v) is 8.46. The van der Waals surface area contributed by atoms with Gasteiger partial charge in [0.2, 0.25) is 5.91 Å². The summed E-state index contributed by atoms with van der Waals surface area (Å²) in [5.41, 5.74) is 2.61. The molecular formula is C19H20N2O2S3. The Morgan fingerprint density at radius 1 is 1.23 bits per heavy atom. The molecule has 4 bridgehead atoms. The van der Waals surface area contributed by atoms with Crippen molar-refractivity contribution in [3.05, 3.63) is 27.3 Å². The molecule has 0 atom stereocenters. The van der Waals surface area contributed by atoms with Crippen LogP contribution >= 0.6 is 35.3 Å². The minimum absolute atomic E-state index is 0.00488. The van der Waals surface area contributed by atoms with Gasteiger partial charge in [0.25, 0.3) is 5.91 Å². The summed E-state index contributed by atoms with van der Waals surface area (Å²) in [4.78, 5) is 27.5. The monoisotopic (exact) mass is 404 g/mol. The zero-order valence-electron chi connectivity index (χ0n) is 14.3.